The maximum absolute atomic E-state index is 10.8. The first-order valence-corrected chi connectivity index (χ1v) is 8.85. The molecule has 5 nitrogen and oxygen atoms in total. The number of non-ortho nitro benzene ring substituents is 1. The van der Waals surface area contributed by atoms with Crippen LogP contribution in [-0.2, 0) is 4.74 Å². The van der Waals surface area contributed by atoms with Crippen LogP contribution >= 0.6 is 11.6 Å². The minimum Gasteiger partial charge on any atom is -0.375 e. The number of nitrogens with zero attached hydrogens (tertiary/aromatic N) is 2. The minimum absolute atomic E-state index is 0.0364. The van der Waals surface area contributed by atoms with Crippen LogP contribution in [-0.4, -0.2) is 30.2 Å². The van der Waals surface area contributed by atoms with Crippen molar-refractivity contribution in [1.82, 2.24) is 0 Å². The van der Waals surface area contributed by atoms with Crippen molar-refractivity contribution in [3.05, 3.63) is 33.3 Å². The van der Waals surface area contributed by atoms with E-state index in [2.05, 4.69) is 4.90 Å². The Morgan fingerprint density at radius 1 is 1.09 bits per heavy atom. The van der Waals surface area contributed by atoms with E-state index >= 15 is 0 Å². The Hall–Kier alpha value is -1.33. The number of nitro groups is 1. The van der Waals surface area contributed by atoms with Crippen molar-refractivity contribution in [3.63, 3.8) is 0 Å². The molecule has 1 saturated heterocycles. The number of nitro benzene ring substituents is 1. The van der Waals surface area contributed by atoms with Crippen LogP contribution in [0.25, 0.3) is 0 Å². The normalized spacial score (nSPS) is 20.7. The Bertz CT molecular complexity index is 553. The molecule has 0 unspecified atom stereocenters. The van der Waals surface area contributed by atoms with Gasteiger partial charge in [0.25, 0.3) is 5.69 Å². The Morgan fingerprint density at radius 2 is 1.74 bits per heavy atom. The molecule has 0 aromatic heterocycles. The zero-order valence-corrected chi connectivity index (χ0v) is 14.0. The molecule has 6 heteroatoms. The van der Waals surface area contributed by atoms with Gasteiger partial charge in [-0.3, -0.25) is 10.1 Å². The average Bonchev–Trinajstić information content (AvgIpc) is 2.56. The van der Waals surface area contributed by atoms with E-state index in [1.807, 2.05) is 0 Å². The van der Waals surface area contributed by atoms with Crippen LogP contribution in [0.15, 0.2) is 18.2 Å². The topological polar surface area (TPSA) is 55.6 Å². The number of benzene rings is 1. The Kier molecular flexibility index (Phi) is 5.38. The fourth-order valence-electron chi connectivity index (χ4n) is 3.57. The number of hydrogen-bond donors (Lipinski definition) is 0. The summed E-state index contributed by atoms with van der Waals surface area (Å²) in [7, 11) is 0. The molecule has 126 valence electrons. The van der Waals surface area contributed by atoms with E-state index in [9.17, 15) is 10.1 Å². The first kappa shape index (κ1) is 16.5. The van der Waals surface area contributed by atoms with E-state index in [0.717, 1.165) is 31.6 Å². The van der Waals surface area contributed by atoms with E-state index in [0.29, 0.717) is 17.2 Å². The third kappa shape index (κ3) is 4.15. The van der Waals surface area contributed by atoms with Gasteiger partial charge in [0.1, 0.15) is 0 Å². The molecule has 0 radical (unpaired) electrons. The molecule has 0 atom stereocenters. The summed E-state index contributed by atoms with van der Waals surface area (Å²) in [4.78, 5) is 12.6. The maximum Gasteiger partial charge on any atom is 0.271 e. The van der Waals surface area contributed by atoms with Crippen LogP contribution in [0.4, 0.5) is 11.4 Å². The molecule has 1 heterocycles. The quantitative estimate of drug-likeness (QED) is 0.596. The monoisotopic (exact) mass is 338 g/mol. The van der Waals surface area contributed by atoms with E-state index in [1.54, 1.807) is 6.07 Å². The smallest absolute Gasteiger partial charge is 0.271 e. The predicted octanol–water partition coefficient (Wildman–Crippen LogP) is 4.57. The maximum atomic E-state index is 10.8. The first-order chi connectivity index (χ1) is 11.1. The summed E-state index contributed by atoms with van der Waals surface area (Å²) in [5.41, 5.74) is 0.919. The van der Waals surface area contributed by atoms with Gasteiger partial charge in [0.15, 0.2) is 0 Å². The molecule has 1 aliphatic carbocycles. The van der Waals surface area contributed by atoms with E-state index in [-0.39, 0.29) is 5.69 Å². The summed E-state index contributed by atoms with van der Waals surface area (Å²) < 4.78 is 6.25. The standard InChI is InChI=1S/C17H23ClN2O3/c18-16-12-13(20(21)22)6-7-17(16)19-10-8-15(9-11-19)23-14-4-2-1-3-5-14/h6-7,12,14-15H,1-5,8-11H2. The lowest BCUT2D eigenvalue weighted by Crippen LogP contribution is -2.39. The van der Waals surface area contributed by atoms with Crippen molar-refractivity contribution in [2.45, 2.75) is 57.2 Å². The van der Waals surface area contributed by atoms with Gasteiger partial charge in [-0.2, -0.15) is 0 Å². The summed E-state index contributed by atoms with van der Waals surface area (Å²) in [6.45, 7) is 1.77. The van der Waals surface area contributed by atoms with Gasteiger partial charge in [0.2, 0.25) is 0 Å². The molecule has 23 heavy (non-hydrogen) atoms. The lowest BCUT2D eigenvalue weighted by Gasteiger charge is -2.36. The number of piperidine rings is 1. The highest BCUT2D eigenvalue weighted by molar-refractivity contribution is 6.33. The molecule has 0 N–H and O–H groups in total. The molecule has 0 spiro atoms. The Labute approximate surface area is 141 Å². The summed E-state index contributed by atoms with van der Waals surface area (Å²) in [6, 6.07) is 4.70. The van der Waals surface area contributed by atoms with Crippen molar-refractivity contribution in [2.75, 3.05) is 18.0 Å². The van der Waals surface area contributed by atoms with Crippen molar-refractivity contribution in [3.8, 4) is 0 Å². The predicted molar refractivity (Wildman–Crippen MR) is 91.3 cm³/mol. The number of halogens is 1. The molecule has 3 rings (SSSR count). The number of anilines is 1. The number of ether oxygens (including phenoxy) is 1. The second-order valence-electron chi connectivity index (χ2n) is 6.48. The van der Waals surface area contributed by atoms with Gasteiger partial charge < -0.3 is 9.64 Å². The van der Waals surface area contributed by atoms with E-state index in [1.165, 1.54) is 44.2 Å². The van der Waals surface area contributed by atoms with Crippen LogP contribution in [0.5, 0.6) is 0 Å². The third-order valence-electron chi connectivity index (χ3n) is 4.86. The third-order valence-corrected chi connectivity index (χ3v) is 5.16. The molecule has 1 aliphatic heterocycles. The molecular weight excluding hydrogens is 316 g/mol. The molecule has 1 aromatic carbocycles. The van der Waals surface area contributed by atoms with Gasteiger partial charge in [-0.25, -0.2) is 0 Å². The van der Waals surface area contributed by atoms with Gasteiger partial charge in [0.05, 0.1) is 27.8 Å². The van der Waals surface area contributed by atoms with Crippen LogP contribution in [0.1, 0.15) is 44.9 Å². The SMILES string of the molecule is O=[N+]([O-])c1ccc(N2CCC(OC3CCCCC3)CC2)c(Cl)c1. The highest BCUT2D eigenvalue weighted by Gasteiger charge is 2.25. The summed E-state index contributed by atoms with van der Waals surface area (Å²) >= 11 is 6.22. The highest BCUT2D eigenvalue weighted by Crippen LogP contribution is 2.32. The first-order valence-electron chi connectivity index (χ1n) is 8.48. The molecule has 2 fully saturated rings. The van der Waals surface area contributed by atoms with E-state index < -0.39 is 4.92 Å². The number of rotatable bonds is 4. The molecule has 0 amide bonds. The lowest BCUT2D eigenvalue weighted by atomic mass is 9.97. The van der Waals surface area contributed by atoms with Crippen molar-refractivity contribution < 1.29 is 9.66 Å². The van der Waals surface area contributed by atoms with Crippen LogP contribution < -0.4 is 4.90 Å². The molecule has 0 bridgehead atoms. The zero-order chi connectivity index (χ0) is 16.2. The lowest BCUT2D eigenvalue weighted by molar-refractivity contribution is -0.384. The average molecular weight is 339 g/mol. The summed E-state index contributed by atoms with van der Waals surface area (Å²) in [6.07, 6.45) is 9.10. The van der Waals surface area contributed by atoms with Gasteiger partial charge in [0, 0.05) is 25.2 Å². The van der Waals surface area contributed by atoms with Crippen molar-refractivity contribution >= 4 is 23.0 Å². The van der Waals surface area contributed by atoms with Gasteiger partial charge in [-0.05, 0) is 31.7 Å². The molecule has 1 aromatic rings. The van der Waals surface area contributed by atoms with Gasteiger partial charge in [-0.1, -0.05) is 30.9 Å². The van der Waals surface area contributed by atoms with Crippen LogP contribution in [0.2, 0.25) is 5.02 Å². The molecular formula is C17H23ClN2O3. The minimum atomic E-state index is -0.417. The molecule has 2 aliphatic rings. The van der Waals surface area contributed by atoms with Crippen molar-refractivity contribution in [1.29, 1.82) is 0 Å². The number of hydrogen-bond acceptors (Lipinski definition) is 4. The Morgan fingerprint density at radius 3 is 2.35 bits per heavy atom. The Balaban J connectivity index is 1.55. The second-order valence-corrected chi connectivity index (χ2v) is 6.88. The fraction of sp³-hybridized carbons (Fsp3) is 0.647. The largest absolute Gasteiger partial charge is 0.375 e. The van der Waals surface area contributed by atoms with Crippen LogP contribution in [0.3, 0.4) is 0 Å². The summed E-state index contributed by atoms with van der Waals surface area (Å²) in [5.74, 6) is 0. The zero-order valence-electron chi connectivity index (χ0n) is 13.2. The van der Waals surface area contributed by atoms with Crippen molar-refractivity contribution in [2.24, 2.45) is 0 Å². The van der Waals surface area contributed by atoms with E-state index in [4.69, 9.17) is 16.3 Å². The fourth-order valence-corrected chi connectivity index (χ4v) is 3.87. The summed E-state index contributed by atoms with van der Waals surface area (Å²) in [5, 5.41) is 11.2. The van der Waals surface area contributed by atoms with Gasteiger partial charge >= 0.3 is 0 Å². The van der Waals surface area contributed by atoms with Crippen LogP contribution in [0, 0.1) is 10.1 Å². The van der Waals surface area contributed by atoms with Gasteiger partial charge in [-0.15, -0.1) is 0 Å². The second kappa shape index (κ2) is 7.49. The molecule has 1 saturated carbocycles. The highest BCUT2D eigenvalue weighted by atomic mass is 35.5.